The fraction of sp³-hybridized carbons (Fsp3) is 0.286. The molecule has 27 heavy (non-hydrogen) atoms. The van der Waals surface area contributed by atoms with Gasteiger partial charge in [-0.2, -0.15) is 5.10 Å². The Kier molecular flexibility index (Phi) is 5.86. The van der Waals surface area contributed by atoms with E-state index in [0.717, 1.165) is 23.9 Å². The Bertz CT molecular complexity index is 921. The second-order valence-corrected chi connectivity index (χ2v) is 6.43. The van der Waals surface area contributed by atoms with Crippen molar-refractivity contribution >= 4 is 22.8 Å². The highest BCUT2D eigenvalue weighted by atomic mass is 16.5. The first kappa shape index (κ1) is 18.6. The van der Waals surface area contributed by atoms with Gasteiger partial charge in [-0.05, 0) is 25.0 Å². The summed E-state index contributed by atoms with van der Waals surface area (Å²) in [5.74, 6) is -0.952. The van der Waals surface area contributed by atoms with Gasteiger partial charge in [0.05, 0.1) is 11.6 Å². The van der Waals surface area contributed by atoms with E-state index in [1.807, 2.05) is 48.5 Å². The first-order valence-corrected chi connectivity index (χ1v) is 9.09. The number of esters is 1. The van der Waals surface area contributed by atoms with E-state index in [-0.39, 0.29) is 17.6 Å². The van der Waals surface area contributed by atoms with Crippen LogP contribution in [0.2, 0.25) is 0 Å². The van der Waals surface area contributed by atoms with Crippen LogP contribution in [0, 0.1) is 0 Å². The van der Waals surface area contributed by atoms with Crippen LogP contribution in [0.1, 0.15) is 48.8 Å². The van der Waals surface area contributed by atoms with Gasteiger partial charge in [-0.1, -0.05) is 61.9 Å². The SMILES string of the molecule is CCCC(NC(=O)C(C)OC(=O)c1n[nH]c2ccccc12)c1ccccc1. The zero-order chi connectivity index (χ0) is 19.2. The Labute approximate surface area is 157 Å². The number of para-hydroxylation sites is 1. The predicted octanol–water partition coefficient (Wildman–Crippen LogP) is 3.77. The monoisotopic (exact) mass is 365 g/mol. The molecule has 1 heterocycles. The molecule has 0 bridgehead atoms. The van der Waals surface area contributed by atoms with Crippen LogP contribution in [0.3, 0.4) is 0 Å². The molecule has 0 radical (unpaired) electrons. The van der Waals surface area contributed by atoms with Gasteiger partial charge in [0.25, 0.3) is 5.91 Å². The highest BCUT2D eigenvalue weighted by Gasteiger charge is 2.24. The molecular weight excluding hydrogens is 342 g/mol. The molecule has 0 saturated heterocycles. The number of amides is 1. The van der Waals surface area contributed by atoms with Crippen molar-refractivity contribution in [3.8, 4) is 0 Å². The highest BCUT2D eigenvalue weighted by Crippen LogP contribution is 2.19. The van der Waals surface area contributed by atoms with E-state index in [2.05, 4.69) is 22.4 Å². The van der Waals surface area contributed by atoms with Crippen molar-refractivity contribution in [2.75, 3.05) is 0 Å². The number of rotatable bonds is 7. The molecule has 2 atom stereocenters. The summed E-state index contributed by atoms with van der Waals surface area (Å²) in [4.78, 5) is 25.0. The molecule has 6 heteroatoms. The van der Waals surface area contributed by atoms with E-state index in [1.54, 1.807) is 13.0 Å². The summed E-state index contributed by atoms with van der Waals surface area (Å²) >= 11 is 0. The topological polar surface area (TPSA) is 84.1 Å². The predicted molar refractivity (Wildman–Crippen MR) is 103 cm³/mol. The minimum absolute atomic E-state index is 0.115. The molecule has 2 unspecified atom stereocenters. The summed E-state index contributed by atoms with van der Waals surface area (Å²) in [5.41, 5.74) is 1.96. The maximum Gasteiger partial charge on any atom is 0.360 e. The molecule has 0 fully saturated rings. The Morgan fingerprint density at radius 2 is 1.81 bits per heavy atom. The van der Waals surface area contributed by atoms with E-state index in [9.17, 15) is 9.59 Å². The van der Waals surface area contributed by atoms with Crippen LogP contribution in [0.15, 0.2) is 54.6 Å². The number of carbonyl (C=O) groups is 2. The van der Waals surface area contributed by atoms with Crippen LogP contribution in [0.4, 0.5) is 0 Å². The van der Waals surface area contributed by atoms with Crippen LogP contribution in [0.5, 0.6) is 0 Å². The third-order valence-corrected chi connectivity index (χ3v) is 4.41. The molecule has 2 aromatic carbocycles. The number of hydrogen-bond donors (Lipinski definition) is 2. The maximum atomic E-state index is 12.6. The Hall–Kier alpha value is -3.15. The van der Waals surface area contributed by atoms with Crippen molar-refractivity contribution in [2.24, 2.45) is 0 Å². The molecule has 1 amide bonds. The molecule has 6 nitrogen and oxygen atoms in total. The average Bonchev–Trinajstić information content (AvgIpc) is 3.12. The van der Waals surface area contributed by atoms with Crippen LogP contribution in [-0.4, -0.2) is 28.2 Å². The number of aromatic amines is 1. The first-order chi connectivity index (χ1) is 13.1. The zero-order valence-corrected chi connectivity index (χ0v) is 15.4. The third kappa shape index (κ3) is 4.34. The normalized spacial score (nSPS) is 13.1. The number of ether oxygens (including phenoxy) is 1. The van der Waals surface area contributed by atoms with Gasteiger partial charge >= 0.3 is 5.97 Å². The second kappa shape index (κ2) is 8.49. The quantitative estimate of drug-likeness (QED) is 0.624. The summed E-state index contributed by atoms with van der Waals surface area (Å²) in [6.07, 6.45) is 0.810. The largest absolute Gasteiger partial charge is 0.448 e. The maximum absolute atomic E-state index is 12.6. The van der Waals surface area contributed by atoms with E-state index in [0.29, 0.717) is 5.39 Å². The first-order valence-electron chi connectivity index (χ1n) is 9.09. The lowest BCUT2D eigenvalue weighted by Gasteiger charge is -2.21. The number of nitrogens with zero attached hydrogens (tertiary/aromatic N) is 1. The van der Waals surface area contributed by atoms with E-state index < -0.39 is 12.1 Å². The number of fused-ring (bicyclic) bond motifs is 1. The molecule has 0 spiro atoms. The molecule has 0 aliphatic heterocycles. The summed E-state index contributed by atoms with van der Waals surface area (Å²) in [6.45, 7) is 3.63. The fourth-order valence-electron chi connectivity index (χ4n) is 2.97. The highest BCUT2D eigenvalue weighted by molar-refractivity contribution is 6.02. The number of aromatic nitrogens is 2. The van der Waals surface area contributed by atoms with Crippen LogP contribution in [0.25, 0.3) is 10.9 Å². The van der Waals surface area contributed by atoms with Crippen molar-refractivity contribution in [1.82, 2.24) is 15.5 Å². The minimum atomic E-state index is -0.920. The van der Waals surface area contributed by atoms with Gasteiger partial charge in [-0.3, -0.25) is 9.89 Å². The lowest BCUT2D eigenvalue weighted by Crippen LogP contribution is -2.38. The Balaban J connectivity index is 1.66. The summed E-state index contributed by atoms with van der Waals surface area (Å²) in [7, 11) is 0. The average molecular weight is 365 g/mol. The standard InChI is InChI=1S/C21H23N3O3/c1-3-9-17(15-10-5-4-6-11-15)22-20(25)14(2)27-21(26)19-16-12-7-8-13-18(16)23-24-19/h4-8,10-14,17H,3,9H2,1-2H3,(H,22,25)(H,23,24). The van der Waals surface area contributed by atoms with Crippen molar-refractivity contribution in [3.63, 3.8) is 0 Å². The minimum Gasteiger partial charge on any atom is -0.448 e. The van der Waals surface area contributed by atoms with Crippen LogP contribution >= 0.6 is 0 Å². The molecule has 3 aromatic rings. The van der Waals surface area contributed by atoms with Crippen molar-refractivity contribution in [3.05, 3.63) is 65.9 Å². The molecular formula is C21H23N3O3. The molecule has 0 aliphatic rings. The fourth-order valence-corrected chi connectivity index (χ4v) is 2.97. The van der Waals surface area contributed by atoms with E-state index in [4.69, 9.17) is 4.74 Å². The van der Waals surface area contributed by atoms with Crippen LogP contribution < -0.4 is 5.32 Å². The van der Waals surface area contributed by atoms with Crippen molar-refractivity contribution in [2.45, 2.75) is 38.8 Å². The van der Waals surface area contributed by atoms with Gasteiger partial charge in [-0.25, -0.2) is 4.79 Å². The summed E-state index contributed by atoms with van der Waals surface area (Å²) < 4.78 is 5.35. The Morgan fingerprint density at radius 1 is 1.11 bits per heavy atom. The number of benzene rings is 2. The molecule has 0 saturated carbocycles. The number of carbonyl (C=O) groups excluding carboxylic acids is 2. The van der Waals surface area contributed by atoms with E-state index in [1.165, 1.54) is 0 Å². The van der Waals surface area contributed by atoms with Gasteiger partial charge in [0.15, 0.2) is 11.8 Å². The van der Waals surface area contributed by atoms with Gasteiger partial charge in [-0.15, -0.1) is 0 Å². The van der Waals surface area contributed by atoms with Gasteiger partial charge in [0, 0.05) is 5.39 Å². The number of hydrogen-bond acceptors (Lipinski definition) is 4. The summed E-state index contributed by atoms with van der Waals surface area (Å²) in [5, 5.41) is 10.5. The molecule has 0 aliphatic carbocycles. The molecule has 3 rings (SSSR count). The zero-order valence-electron chi connectivity index (χ0n) is 15.4. The molecule has 1 aromatic heterocycles. The van der Waals surface area contributed by atoms with Gasteiger partial charge < -0.3 is 10.1 Å². The lowest BCUT2D eigenvalue weighted by atomic mass is 10.0. The van der Waals surface area contributed by atoms with Crippen molar-refractivity contribution < 1.29 is 14.3 Å². The lowest BCUT2D eigenvalue weighted by molar-refractivity contribution is -0.129. The van der Waals surface area contributed by atoms with Crippen LogP contribution in [-0.2, 0) is 9.53 Å². The Morgan fingerprint density at radius 3 is 2.56 bits per heavy atom. The summed E-state index contributed by atoms with van der Waals surface area (Å²) in [6, 6.07) is 16.9. The second-order valence-electron chi connectivity index (χ2n) is 6.43. The van der Waals surface area contributed by atoms with Gasteiger partial charge in [0.2, 0.25) is 0 Å². The number of H-pyrrole nitrogens is 1. The smallest absolute Gasteiger partial charge is 0.360 e. The van der Waals surface area contributed by atoms with Gasteiger partial charge in [0.1, 0.15) is 0 Å². The van der Waals surface area contributed by atoms with E-state index >= 15 is 0 Å². The molecule has 2 N–H and O–H groups in total. The molecule has 140 valence electrons. The van der Waals surface area contributed by atoms with Crippen molar-refractivity contribution in [1.29, 1.82) is 0 Å². The number of nitrogens with one attached hydrogen (secondary N) is 2. The third-order valence-electron chi connectivity index (χ3n) is 4.41.